The quantitative estimate of drug-likeness (QED) is 0.878. The zero-order chi connectivity index (χ0) is 15.7. The van der Waals surface area contributed by atoms with E-state index in [4.69, 9.17) is 23.2 Å². The van der Waals surface area contributed by atoms with E-state index in [-0.39, 0.29) is 24.4 Å². The maximum absolute atomic E-state index is 12.6. The highest BCUT2D eigenvalue weighted by Gasteiger charge is 2.25. The predicted octanol–water partition coefficient (Wildman–Crippen LogP) is 3.03. The third-order valence-electron chi connectivity index (χ3n) is 3.75. The number of halogens is 3. The van der Waals surface area contributed by atoms with Crippen LogP contribution >= 0.6 is 35.6 Å². The number of hydrogen-bond acceptors (Lipinski definition) is 3. The Labute approximate surface area is 151 Å². The van der Waals surface area contributed by atoms with E-state index < -0.39 is 0 Å². The zero-order valence-corrected chi connectivity index (χ0v) is 14.8. The Kier molecular flexibility index (Phi) is 5.92. The lowest BCUT2D eigenvalue weighted by Crippen LogP contribution is -2.52. The van der Waals surface area contributed by atoms with Crippen molar-refractivity contribution < 1.29 is 4.79 Å². The molecule has 1 atom stereocenters. The Hall–Kier alpha value is -1.27. The van der Waals surface area contributed by atoms with Crippen LogP contribution in [0.1, 0.15) is 17.3 Å². The van der Waals surface area contributed by atoms with Crippen molar-refractivity contribution in [2.75, 3.05) is 19.6 Å². The summed E-state index contributed by atoms with van der Waals surface area (Å²) in [5, 5.41) is 8.57. The summed E-state index contributed by atoms with van der Waals surface area (Å²) in [4.78, 5) is 14.4. The fourth-order valence-corrected chi connectivity index (χ4v) is 3.04. The zero-order valence-electron chi connectivity index (χ0n) is 12.5. The highest BCUT2D eigenvalue weighted by atomic mass is 35.5. The van der Waals surface area contributed by atoms with Gasteiger partial charge in [0.05, 0.1) is 22.5 Å². The normalized spacial score (nSPS) is 17.7. The molecular weight excluding hydrogens is 359 g/mol. The predicted molar refractivity (Wildman–Crippen MR) is 94.2 cm³/mol. The maximum Gasteiger partial charge on any atom is 0.257 e. The second-order valence-electron chi connectivity index (χ2n) is 5.32. The summed E-state index contributed by atoms with van der Waals surface area (Å²) in [5.74, 6) is -0.00895. The molecule has 0 unspecified atom stereocenters. The van der Waals surface area contributed by atoms with Gasteiger partial charge in [-0.05, 0) is 25.1 Å². The van der Waals surface area contributed by atoms with Crippen LogP contribution in [0.15, 0.2) is 30.6 Å². The summed E-state index contributed by atoms with van der Waals surface area (Å²) in [6.07, 6.45) is 3.27. The number of aromatic nitrogens is 2. The number of amides is 1. The topological polar surface area (TPSA) is 50.2 Å². The van der Waals surface area contributed by atoms with Crippen LogP contribution in [0.5, 0.6) is 0 Å². The van der Waals surface area contributed by atoms with Crippen LogP contribution in [0, 0.1) is 0 Å². The molecule has 1 saturated heterocycles. The van der Waals surface area contributed by atoms with Gasteiger partial charge in [0, 0.05) is 36.9 Å². The number of carbonyl (C=O) groups excluding carboxylic acids is 1. The van der Waals surface area contributed by atoms with Crippen molar-refractivity contribution in [1.29, 1.82) is 0 Å². The van der Waals surface area contributed by atoms with Gasteiger partial charge in [0.1, 0.15) is 0 Å². The molecule has 2 aromatic rings. The number of rotatable bonds is 2. The fraction of sp³-hybridized carbons (Fsp3) is 0.333. The van der Waals surface area contributed by atoms with Crippen LogP contribution in [0.3, 0.4) is 0 Å². The molecule has 0 aliphatic carbocycles. The van der Waals surface area contributed by atoms with Crippen LogP contribution in [0.25, 0.3) is 5.69 Å². The molecule has 1 aliphatic heterocycles. The third-order valence-corrected chi connectivity index (χ3v) is 4.29. The number of hydrogen-bond donors (Lipinski definition) is 1. The van der Waals surface area contributed by atoms with E-state index in [2.05, 4.69) is 10.4 Å². The van der Waals surface area contributed by atoms with Gasteiger partial charge < -0.3 is 10.2 Å². The first-order valence-electron chi connectivity index (χ1n) is 7.08. The van der Waals surface area contributed by atoms with E-state index in [1.165, 1.54) is 0 Å². The monoisotopic (exact) mass is 374 g/mol. The molecule has 1 aromatic carbocycles. The Bertz CT molecular complexity index is 704. The van der Waals surface area contributed by atoms with Gasteiger partial charge >= 0.3 is 0 Å². The second kappa shape index (κ2) is 7.53. The molecule has 0 saturated carbocycles. The number of benzene rings is 1. The van der Waals surface area contributed by atoms with Crippen molar-refractivity contribution in [3.8, 4) is 5.69 Å². The van der Waals surface area contributed by atoms with Gasteiger partial charge in [-0.2, -0.15) is 5.10 Å². The summed E-state index contributed by atoms with van der Waals surface area (Å²) in [7, 11) is 0. The van der Waals surface area contributed by atoms with Crippen molar-refractivity contribution in [3.05, 3.63) is 46.2 Å². The Morgan fingerprint density at radius 1 is 1.39 bits per heavy atom. The molecule has 8 heteroatoms. The average Bonchev–Trinajstić information content (AvgIpc) is 2.96. The SMILES string of the molecule is C[C@H]1CNCCN1C(=O)c1cnn(-c2ccc(Cl)cc2Cl)c1.Cl. The average molecular weight is 376 g/mol. The minimum Gasteiger partial charge on any atom is -0.333 e. The molecule has 0 bridgehead atoms. The Morgan fingerprint density at radius 3 is 2.87 bits per heavy atom. The van der Waals surface area contributed by atoms with Gasteiger partial charge in [0.25, 0.3) is 5.91 Å². The molecule has 0 spiro atoms. The summed E-state index contributed by atoms with van der Waals surface area (Å²) in [5.41, 5.74) is 1.25. The van der Waals surface area contributed by atoms with Crippen molar-refractivity contribution in [1.82, 2.24) is 20.0 Å². The number of nitrogens with one attached hydrogen (secondary N) is 1. The molecule has 5 nitrogen and oxygen atoms in total. The molecule has 1 fully saturated rings. The maximum atomic E-state index is 12.6. The fourth-order valence-electron chi connectivity index (χ4n) is 2.54. The molecule has 3 rings (SSSR count). The van der Waals surface area contributed by atoms with Gasteiger partial charge in [-0.25, -0.2) is 4.68 Å². The van der Waals surface area contributed by atoms with Crippen LogP contribution < -0.4 is 5.32 Å². The second-order valence-corrected chi connectivity index (χ2v) is 6.16. The summed E-state index contributed by atoms with van der Waals surface area (Å²) < 4.78 is 1.60. The summed E-state index contributed by atoms with van der Waals surface area (Å²) >= 11 is 12.1. The Morgan fingerprint density at radius 2 is 2.17 bits per heavy atom. The van der Waals surface area contributed by atoms with Crippen LogP contribution in [0.2, 0.25) is 10.0 Å². The van der Waals surface area contributed by atoms with Crippen molar-refractivity contribution in [2.24, 2.45) is 0 Å². The van der Waals surface area contributed by atoms with E-state index in [9.17, 15) is 4.79 Å². The van der Waals surface area contributed by atoms with Crippen LogP contribution in [0.4, 0.5) is 0 Å². The first kappa shape index (κ1) is 18.1. The van der Waals surface area contributed by atoms with E-state index in [1.807, 2.05) is 11.8 Å². The standard InChI is InChI=1S/C15H16Cl2N4O.ClH/c1-10-7-18-4-5-20(10)15(22)11-8-19-21(9-11)14-3-2-12(16)6-13(14)17;/h2-3,6,8-10,18H,4-5,7H2,1H3;1H/t10-;/m0./s1. The molecular formula is C15H17Cl3N4O. The molecule has 23 heavy (non-hydrogen) atoms. The van der Waals surface area contributed by atoms with E-state index in [0.29, 0.717) is 27.8 Å². The molecule has 1 aliphatic rings. The van der Waals surface area contributed by atoms with Crippen molar-refractivity contribution in [2.45, 2.75) is 13.0 Å². The molecule has 1 amide bonds. The van der Waals surface area contributed by atoms with E-state index in [0.717, 1.165) is 13.1 Å². The smallest absolute Gasteiger partial charge is 0.257 e. The van der Waals surface area contributed by atoms with E-state index in [1.54, 1.807) is 35.3 Å². The first-order valence-corrected chi connectivity index (χ1v) is 7.83. The summed E-state index contributed by atoms with van der Waals surface area (Å²) in [6.45, 7) is 4.35. The first-order chi connectivity index (χ1) is 10.6. The number of piperazine rings is 1. The highest BCUT2D eigenvalue weighted by Crippen LogP contribution is 2.24. The molecule has 0 radical (unpaired) electrons. The van der Waals surface area contributed by atoms with E-state index >= 15 is 0 Å². The lowest BCUT2D eigenvalue weighted by atomic mass is 10.2. The molecule has 2 heterocycles. The lowest BCUT2D eigenvalue weighted by Gasteiger charge is -2.33. The Balaban J connectivity index is 0.00000192. The largest absolute Gasteiger partial charge is 0.333 e. The van der Waals surface area contributed by atoms with Gasteiger partial charge in [-0.1, -0.05) is 23.2 Å². The van der Waals surface area contributed by atoms with Gasteiger partial charge in [0.2, 0.25) is 0 Å². The van der Waals surface area contributed by atoms with Crippen molar-refractivity contribution >= 4 is 41.5 Å². The van der Waals surface area contributed by atoms with Gasteiger partial charge in [0.15, 0.2) is 0 Å². The lowest BCUT2D eigenvalue weighted by molar-refractivity contribution is 0.0656. The number of carbonyl (C=O) groups is 1. The van der Waals surface area contributed by atoms with Gasteiger partial charge in [-0.15, -0.1) is 12.4 Å². The van der Waals surface area contributed by atoms with Crippen LogP contribution in [-0.2, 0) is 0 Å². The molecule has 1 N–H and O–H groups in total. The summed E-state index contributed by atoms with van der Waals surface area (Å²) in [6, 6.07) is 5.34. The van der Waals surface area contributed by atoms with Gasteiger partial charge in [-0.3, -0.25) is 4.79 Å². The molecule has 124 valence electrons. The molecule has 1 aromatic heterocycles. The minimum absolute atomic E-state index is 0. The highest BCUT2D eigenvalue weighted by molar-refractivity contribution is 6.35. The minimum atomic E-state index is -0.00895. The number of nitrogens with zero attached hydrogens (tertiary/aromatic N) is 3. The van der Waals surface area contributed by atoms with Crippen molar-refractivity contribution in [3.63, 3.8) is 0 Å². The third kappa shape index (κ3) is 3.80. The van der Waals surface area contributed by atoms with Crippen LogP contribution in [-0.4, -0.2) is 46.3 Å².